The number of nitrogens with zero attached hydrogens (tertiary/aromatic N) is 1. The van der Waals surface area contributed by atoms with Crippen LogP contribution in [0.15, 0.2) is 57.7 Å². The first-order valence-corrected chi connectivity index (χ1v) is 9.10. The van der Waals surface area contributed by atoms with E-state index in [1.807, 2.05) is 28.1 Å². The van der Waals surface area contributed by atoms with E-state index >= 15 is 0 Å². The summed E-state index contributed by atoms with van der Waals surface area (Å²) in [6, 6.07) is 12.6. The highest BCUT2D eigenvalue weighted by atomic mass is 35.5. The Morgan fingerprint density at radius 1 is 1.10 bits per heavy atom. The van der Waals surface area contributed by atoms with Crippen LogP contribution in [0.5, 0.6) is 11.5 Å². The maximum absolute atomic E-state index is 13.1. The summed E-state index contributed by atoms with van der Waals surface area (Å²) in [7, 11) is 5.71. The number of carbonyl (C=O) groups is 1. The maximum Gasteiger partial charge on any atom is 0.370 e. The second-order valence-corrected chi connectivity index (χ2v) is 7.59. The number of rotatable bonds is 5. The van der Waals surface area contributed by atoms with Gasteiger partial charge in [-0.25, -0.2) is 4.79 Å². The average Bonchev–Trinajstić information content (AvgIpc) is 2.64. The highest BCUT2D eigenvalue weighted by Gasteiger charge is 2.33. The molecular weight excluding hydrogens is 394 g/mol. The number of para-hydroxylation sites is 1. The van der Waals surface area contributed by atoms with Gasteiger partial charge in [-0.3, -0.25) is 4.79 Å². The summed E-state index contributed by atoms with van der Waals surface area (Å²) in [6.07, 6.45) is 0.565. The molecule has 29 heavy (non-hydrogen) atoms. The van der Waals surface area contributed by atoms with Gasteiger partial charge in [0, 0.05) is 12.0 Å². The summed E-state index contributed by atoms with van der Waals surface area (Å²) in [5.74, 6) is -0.381. The van der Waals surface area contributed by atoms with Crippen molar-refractivity contribution in [3.8, 4) is 22.8 Å². The molecule has 0 aliphatic heterocycles. The van der Waals surface area contributed by atoms with Crippen molar-refractivity contribution in [3.63, 3.8) is 0 Å². The van der Waals surface area contributed by atoms with Crippen molar-refractivity contribution in [2.75, 3.05) is 21.1 Å². The molecule has 1 aromatic heterocycles. The Kier molecular flexibility index (Phi) is 6.72. The number of hydrogen-bond acceptors (Lipinski definition) is 5. The predicted molar refractivity (Wildman–Crippen MR) is 107 cm³/mol. The van der Waals surface area contributed by atoms with Gasteiger partial charge in [0.25, 0.3) is 0 Å². The van der Waals surface area contributed by atoms with Crippen LogP contribution in [0.3, 0.4) is 0 Å². The normalized spacial score (nSPS) is 12.3. The van der Waals surface area contributed by atoms with E-state index in [1.165, 1.54) is 12.1 Å². The van der Waals surface area contributed by atoms with Gasteiger partial charge in [0.2, 0.25) is 11.2 Å². The number of likely N-dealkylation sites (N-methyl/N-ethyl adjacent to an activating group) is 1. The van der Waals surface area contributed by atoms with Crippen LogP contribution in [0.25, 0.3) is 22.3 Å². The van der Waals surface area contributed by atoms with Gasteiger partial charge >= 0.3 is 5.97 Å². The molecule has 1 unspecified atom stereocenters. The van der Waals surface area contributed by atoms with Crippen LogP contribution in [0, 0.1) is 0 Å². The van der Waals surface area contributed by atoms with Gasteiger partial charge in [0.15, 0.2) is 11.8 Å². The van der Waals surface area contributed by atoms with Gasteiger partial charge in [-0.05, 0) is 36.4 Å². The number of benzene rings is 2. The minimum atomic E-state index is -0.488. The Morgan fingerprint density at radius 2 is 1.72 bits per heavy atom. The maximum atomic E-state index is 13.1. The number of ether oxygens (including phenoxy) is 1. The van der Waals surface area contributed by atoms with E-state index < -0.39 is 17.4 Å². The molecule has 3 aromatic rings. The Labute approximate surface area is 175 Å². The first-order chi connectivity index (χ1) is 13.2. The fourth-order valence-electron chi connectivity index (χ4n) is 3.22. The molecule has 1 heterocycles. The molecule has 154 valence electrons. The van der Waals surface area contributed by atoms with Gasteiger partial charge < -0.3 is 31.2 Å². The molecule has 3 rings (SSSR count). The standard InChI is InChI=1S/C22H23NO5.ClH/c1-5-17(23(2,3)4)22(26)28-21-19(25)16-8-6-7-9-18(16)27-20(21)14-10-12-15(24)13-11-14;/h6-13,17H,5H2,1-4H3;1H. The van der Waals surface area contributed by atoms with Gasteiger partial charge in [-0.1, -0.05) is 19.1 Å². The number of carbonyl (C=O) groups excluding carboxylic acids is 1. The number of hydrogen-bond donors (Lipinski definition) is 1. The second kappa shape index (κ2) is 8.68. The Morgan fingerprint density at radius 3 is 2.31 bits per heavy atom. The number of fused-ring (bicyclic) bond motifs is 1. The monoisotopic (exact) mass is 417 g/mol. The lowest BCUT2D eigenvalue weighted by Crippen LogP contribution is -3.00. The molecule has 7 heteroatoms. The topological polar surface area (TPSA) is 76.7 Å². The van der Waals surface area contributed by atoms with Crippen molar-refractivity contribution in [3.05, 3.63) is 58.8 Å². The van der Waals surface area contributed by atoms with E-state index in [1.54, 1.807) is 36.4 Å². The molecule has 0 fully saturated rings. The minimum Gasteiger partial charge on any atom is -1.00 e. The van der Waals surface area contributed by atoms with Crippen molar-refractivity contribution in [2.24, 2.45) is 0 Å². The summed E-state index contributed by atoms with van der Waals surface area (Å²) < 4.78 is 11.9. The molecule has 1 atom stereocenters. The summed E-state index contributed by atoms with van der Waals surface area (Å²) in [5, 5.41) is 9.90. The number of halogens is 1. The van der Waals surface area contributed by atoms with E-state index in [0.29, 0.717) is 27.4 Å². The first kappa shape index (κ1) is 22.5. The van der Waals surface area contributed by atoms with Crippen molar-refractivity contribution >= 4 is 16.9 Å². The smallest absolute Gasteiger partial charge is 0.370 e. The minimum absolute atomic E-state index is 0. The van der Waals surface area contributed by atoms with Crippen LogP contribution in [-0.2, 0) is 4.79 Å². The molecule has 0 bridgehead atoms. The lowest BCUT2D eigenvalue weighted by Gasteiger charge is -2.31. The van der Waals surface area contributed by atoms with Crippen molar-refractivity contribution in [1.29, 1.82) is 0 Å². The number of phenolic OH excluding ortho intramolecular Hbond substituents is 1. The molecule has 6 nitrogen and oxygen atoms in total. The molecule has 0 aliphatic rings. The van der Waals surface area contributed by atoms with Crippen LogP contribution in [0.2, 0.25) is 0 Å². The summed E-state index contributed by atoms with van der Waals surface area (Å²) >= 11 is 0. The third-order valence-electron chi connectivity index (χ3n) is 4.68. The molecular formula is C22H24ClNO5. The van der Waals surface area contributed by atoms with Crippen molar-refractivity contribution in [1.82, 2.24) is 0 Å². The number of esters is 1. The predicted octanol–water partition coefficient (Wildman–Crippen LogP) is 0.560. The molecule has 2 aromatic carbocycles. The van der Waals surface area contributed by atoms with E-state index in [0.717, 1.165) is 0 Å². The van der Waals surface area contributed by atoms with E-state index in [2.05, 4.69) is 0 Å². The molecule has 0 saturated heterocycles. The molecule has 0 aliphatic carbocycles. The number of quaternary nitrogens is 1. The van der Waals surface area contributed by atoms with Gasteiger partial charge in [-0.15, -0.1) is 0 Å². The van der Waals surface area contributed by atoms with E-state index in [-0.39, 0.29) is 29.7 Å². The molecule has 0 saturated carbocycles. The van der Waals surface area contributed by atoms with Gasteiger partial charge in [0.1, 0.15) is 11.3 Å². The Balaban J connectivity index is 0.00000300. The van der Waals surface area contributed by atoms with Crippen LogP contribution >= 0.6 is 0 Å². The third-order valence-corrected chi connectivity index (χ3v) is 4.68. The fraction of sp³-hybridized carbons (Fsp3) is 0.273. The molecule has 0 spiro atoms. The van der Waals surface area contributed by atoms with Crippen LogP contribution < -0.4 is 22.6 Å². The van der Waals surface area contributed by atoms with Gasteiger partial charge in [-0.2, -0.15) is 0 Å². The zero-order valence-electron chi connectivity index (χ0n) is 16.8. The zero-order chi connectivity index (χ0) is 20.5. The molecule has 0 amide bonds. The quantitative estimate of drug-likeness (QED) is 0.485. The lowest BCUT2D eigenvalue weighted by molar-refractivity contribution is -0.887. The Bertz CT molecular complexity index is 1070. The molecule has 0 radical (unpaired) electrons. The SMILES string of the molecule is CCC(C(=O)Oc1c(-c2ccc(O)cc2)oc2ccccc2c1=O)[N+](C)(C)C.[Cl-]. The summed E-state index contributed by atoms with van der Waals surface area (Å²) in [4.78, 5) is 26.0. The fourth-order valence-corrected chi connectivity index (χ4v) is 3.22. The summed E-state index contributed by atoms with van der Waals surface area (Å²) in [5.41, 5.74) is 0.519. The largest absolute Gasteiger partial charge is 1.00 e. The Hall–Kier alpha value is -2.83. The lowest BCUT2D eigenvalue weighted by atomic mass is 10.1. The second-order valence-electron chi connectivity index (χ2n) is 7.59. The van der Waals surface area contributed by atoms with E-state index in [9.17, 15) is 14.7 Å². The highest BCUT2D eigenvalue weighted by Crippen LogP contribution is 2.32. The first-order valence-electron chi connectivity index (χ1n) is 9.10. The van der Waals surface area contributed by atoms with E-state index in [4.69, 9.17) is 9.15 Å². The zero-order valence-corrected chi connectivity index (χ0v) is 17.6. The van der Waals surface area contributed by atoms with Crippen LogP contribution in [0.1, 0.15) is 13.3 Å². The van der Waals surface area contributed by atoms with Crippen LogP contribution in [-0.4, -0.2) is 42.7 Å². The van der Waals surface area contributed by atoms with Gasteiger partial charge in [0.05, 0.1) is 26.5 Å². The molecule has 1 N–H and O–H groups in total. The number of phenols is 1. The number of aromatic hydroxyl groups is 1. The van der Waals surface area contributed by atoms with Crippen molar-refractivity contribution in [2.45, 2.75) is 19.4 Å². The third kappa shape index (κ3) is 4.60. The highest BCUT2D eigenvalue weighted by molar-refractivity contribution is 5.85. The van der Waals surface area contributed by atoms with Crippen LogP contribution in [0.4, 0.5) is 0 Å². The average molecular weight is 418 g/mol. The van der Waals surface area contributed by atoms with Crippen molar-refractivity contribution < 1.29 is 35.9 Å². The summed E-state index contributed by atoms with van der Waals surface area (Å²) in [6.45, 7) is 1.90.